The van der Waals surface area contributed by atoms with Crippen molar-refractivity contribution in [3.05, 3.63) is 12.2 Å². The van der Waals surface area contributed by atoms with Crippen molar-refractivity contribution in [2.24, 2.45) is 0 Å². The van der Waals surface area contributed by atoms with Gasteiger partial charge in [0.1, 0.15) is 0 Å². The molecule has 0 atom stereocenters. The summed E-state index contributed by atoms with van der Waals surface area (Å²) in [7, 11) is 0. The Morgan fingerprint density at radius 1 is 1.06 bits per heavy atom. The van der Waals surface area contributed by atoms with E-state index in [2.05, 4.69) is 37.8 Å². The zero-order valence-corrected chi connectivity index (χ0v) is 11.5. The molecule has 0 aromatic heterocycles. The largest absolute Gasteiger partial charge is 0.295 e. The topological polar surface area (TPSA) is 3.24 Å². The van der Waals surface area contributed by atoms with E-state index in [9.17, 15) is 0 Å². The Bertz CT molecular complexity index is 199. The average Bonchev–Trinajstić information content (AvgIpc) is 2.30. The van der Waals surface area contributed by atoms with Crippen molar-refractivity contribution in [2.45, 2.75) is 71.3 Å². The van der Waals surface area contributed by atoms with E-state index < -0.39 is 0 Å². The van der Waals surface area contributed by atoms with Gasteiger partial charge in [-0.2, -0.15) is 0 Å². The highest BCUT2D eigenvalue weighted by molar-refractivity contribution is 5.02. The molecule has 0 spiro atoms. The van der Waals surface area contributed by atoms with Crippen molar-refractivity contribution in [3.8, 4) is 0 Å². The van der Waals surface area contributed by atoms with E-state index in [1.165, 1.54) is 58.0 Å². The maximum absolute atomic E-state index is 2.63. The molecule has 1 fully saturated rings. The van der Waals surface area contributed by atoms with E-state index in [1.807, 2.05) is 0 Å². The van der Waals surface area contributed by atoms with Crippen molar-refractivity contribution in [2.75, 3.05) is 13.1 Å². The maximum atomic E-state index is 2.63. The summed E-state index contributed by atoms with van der Waals surface area (Å²) in [5, 5.41) is 0. The lowest BCUT2D eigenvalue weighted by atomic mass is 9.97. The first kappa shape index (κ1) is 13.8. The molecule has 0 N–H and O–H groups in total. The van der Waals surface area contributed by atoms with Gasteiger partial charge in [0.2, 0.25) is 0 Å². The Labute approximate surface area is 102 Å². The summed E-state index contributed by atoms with van der Waals surface area (Å²) >= 11 is 0. The van der Waals surface area contributed by atoms with Crippen LogP contribution in [0.25, 0.3) is 0 Å². The molecule has 1 saturated heterocycles. The van der Waals surface area contributed by atoms with E-state index in [0.29, 0.717) is 0 Å². The Hall–Kier alpha value is -0.300. The number of unbranched alkanes of at least 4 members (excludes halogenated alkanes) is 3. The summed E-state index contributed by atoms with van der Waals surface area (Å²) in [4.78, 5) is 2.63. The third kappa shape index (κ3) is 4.69. The molecule has 1 rings (SSSR count). The number of hydrogen-bond donors (Lipinski definition) is 0. The molecule has 0 aromatic carbocycles. The number of nitrogens with zero attached hydrogens (tertiary/aromatic N) is 1. The van der Waals surface area contributed by atoms with Crippen LogP contribution in [0.15, 0.2) is 12.2 Å². The lowest BCUT2D eigenvalue weighted by molar-refractivity contribution is 0.132. The van der Waals surface area contributed by atoms with Gasteiger partial charge in [-0.1, -0.05) is 38.3 Å². The fourth-order valence-corrected chi connectivity index (χ4v) is 2.46. The zero-order chi connectivity index (χ0) is 11.9. The summed E-state index contributed by atoms with van der Waals surface area (Å²) < 4.78 is 0. The zero-order valence-electron chi connectivity index (χ0n) is 11.5. The van der Waals surface area contributed by atoms with Gasteiger partial charge in [-0.25, -0.2) is 0 Å². The first-order valence-corrected chi connectivity index (χ1v) is 7.09. The van der Waals surface area contributed by atoms with Gasteiger partial charge in [0.05, 0.1) is 0 Å². The molecular weight excluding hydrogens is 194 g/mol. The minimum absolute atomic E-state index is 0.270. The van der Waals surface area contributed by atoms with Crippen LogP contribution in [-0.2, 0) is 0 Å². The van der Waals surface area contributed by atoms with Gasteiger partial charge in [0, 0.05) is 5.54 Å². The lowest BCUT2D eigenvalue weighted by Gasteiger charge is -2.39. The third-order valence-corrected chi connectivity index (χ3v) is 3.67. The molecule has 0 saturated carbocycles. The van der Waals surface area contributed by atoms with Crippen LogP contribution in [0.4, 0.5) is 0 Å². The normalized spacial score (nSPS) is 19.4. The molecule has 1 heterocycles. The summed E-state index contributed by atoms with van der Waals surface area (Å²) in [6.07, 6.45) is 14.3. The third-order valence-electron chi connectivity index (χ3n) is 3.67. The van der Waals surface area contributed by atoms with E-state index in [-0.39, 0.29) is 5.54 Å². The SMILES string of the molecule is CCCCCC=CC(C)(C)N1CCCCC1. The second kappa shape index (κ2) is 7.11. The van der Waals surface area contributed by atoms with E-state index in [1.54, 1.807) is 0 Å². The summed E-state index contributed by atoms with van der Waals surface area (Å²) in [5.74, 6) is 0. The van der Waals surface area contributed by atoms with Gasteiger partial charge < -0.3 is 0 Å². The van der Waals surface area contributed by atoms with Gasteiger partial charge >= 0.3 is 0 Å². The number of hydrogen-bond acceptors (Lipinski definition) is 1. The van der Waals surface area contributed by atoms with Crippen LogP contribution in [0.1, 0.15) is 65.7 Å². The number of likely N-dealkylation sites (tertiary alicyclic amines) is 1. The molecule has 16 heavy (non-hydrogen) atoms. The Balaban J connectivity index is 2.31. The van der Waals surface area contributed by atoms with E-state index in [0.717, 1.165) is 0 Å². The Morgan fingerprint density at radius 3 is 2.38 bits per heavy atom. The second-order valence-corrected chi connectivity index (χ2v) is 5.60. The monoisotopic (exact) mass is 223 g/mol. The Kier molecular flexibility index (Phi) is 6.12. The van der Waals surface area contributed by atoms with Crippen LogP contribution in [0.2, 0.25) is 0 Å². The van der Waals surface area contributed by atoms with Gasteiger partial charge in [-0.3, -0.25) is 4.90 Å². The molecule has 0 aromatic rings. The van der Waals surface area contributed by atoms with Crippen molar-refractivity contribution in [3.63, 3.8) is 0 Å². The predicted octanol–water partition coefficient (Wildman–Crippen LogP) is 4.39. The minimum atomic E-state index is 0.270. The van der Waals surface area contributed by atoms with Crippen molar-refractivity contribution in [1.29, 1.82) is 0 Å². The molecule has 1 aliphatic heterocycles. The van der Waals surface area contributed by atoms with Gasteiger partial charge in [-0.05, 0) is 52.6 Å². The molecule has 1 nitrogen and oxygen atoms in total. The van der Waals surface area contributed by atoms with Crippen molar-refractivity contribution >= 4 is 0 Å². The molecule has 0 radical (unpaired) electrons. The first-order chi connectivity index (χ1) is 7.67. The summed E-state index contributed by atoms with van der Waals surface area (Å²) in [5.41, 5.74) is 0.270. The molecular formula is C15H29N. The van der Waals surface area contributed by atoms with Gasteiger partial charge in [0.25, 0.3) is 0 Å². The van der Waals surface area contributed by atoms with Crippen molar-refractivity contribution < 1.29 is 0 Å². The van der Waals surface area contributed by atoms with Crippen LogP contribution in [-0.4, -0.2) is 23.5 Å². The van der Waals surface area contributed by atoms with Crippen LogP contribution >= 0.6 is 0 Å². The van der Waals surface area contributed by atoms with Crippen molar-refractivity contribution in [1.82, 2.24) is 4.90 Å². The molecule has 0 amide bonds. The summed E-state index contributed by atoms with van der Waals surface area (Å²) in [6, 6.07) is 0. The summed E-state index contributed by atoms with van der Waals surface area (Å²) in [6.45, 7) is 9.54. The maximum Gasteiger partial charge on any atom is 0.0334 e. The average molecular weight is 223 g/mol. The number of allylic oxidation sites excluding steroid dienone is 1. The van der Waals surface area contributed by atoms with Gasteiger partial charge in [-0.15, -0.1) is 0 Å². The van der Waals surface area contributed by atoms with Crippen LogP contribution in [0.5, 0.6) is 0 Å². The standard InChI is InChI=1S/C15H29N/c1-4-5-6-7-9-12-15(2,3)16-13-10-8-11-14-16/h9,12H,4-8,10-11,13-14H2,1-3H3. The first-order valence-electron chi connectivity index (χ1n) is 7.09. The molecule has 0 bridgehead atoms. The molecule has 0 aliphatic carbocycles. The number of rotatable bonds is 6. The molecule has 0 unspecified atom stereocenters. The smallest absolute Gasteiger partial charge is 0.0334 e. The highest BCUT2D eigenvalue weighted by atomic mass is 15.2. The van der Waals surface area contributed by atoms with E-state index >= 15 is 0 Å². The molecule has 1 aliphatic rings. The van der Waals surface area contributed by atoms with Crippen LogP contribution < -0.4 is 0 Å². The number of piperidine rings is 1. The van der Waals surface area contributed by atoms with Crippen LogP contribution in [0.3, 0.4) is 0 Å². The highest BCUT2D eigenvalue weighted by Crippen LogP contribution is 2.22. The molecule has 1 heteroatoms. The fraction of sp³-hybridized carbons (Fsp3) is 0.867. The van der Waals surface area contributed by atoms with E-state index in [4.69, 9.17) is 0 Å². The fourth-order valence-electron chi connectivity index (χ4n) is 2.46. The second-order valence-electron chi connectivity index (χ2n) is 5.60. The molecule has 94 valence electrons. The lowest BCUT2D eigenvalue weighted by Crippen LogP contribution is -2.45. The highest BCUT2D eigenvalue weighted by Gasteiger charge is 2.24. The Morgan fingerprint density at radius 2 is 1.75 bits per heavy atom. The van der Waals surface area contributed by atoms with Crippen LogP contribution in [0, 0.1) is 0 Å². The predicted molar refractivity (Wildman–Crippen MR) is 72.8 cm³/mol. The quantitative estimate of drug-likeness (QED) is 0.477. The minimum Gasteiger partial charge on any atom is -0.295 e. The van der Waals surface area contributed by atoms with Gasteiger partial charge in [0.15, 0.2) is 0 Å².